The maximum absolute atomic E-state index is 12.6. The smallest absolute Gasteiger partial charge is 0.238 e. The van der Waals surface area contributed by atoms with Crippen LogP contribution >= 0.6 is 12.4 Å². The molecule has 0 saturated carbocycles. The van der Waals surface area contributed by atoms with Gasteiger partial charge in [-0.3, -0.25) is 9.69 Å². The molecule has 0 spiro atoms. The number of anilines is 1. The van der Waals surface area contributed by atoms with Crippen LogP contribution in [0.3, 0.4) is 0 Å². The summed E-state index contributed by atoms with van der Waals surface area (Å²) in [6.45, 7) is 2.74. The molecule has 1 aliphatic rings. The van der Waals surface area contributed by atoms with Crippen LogP contribution in [0.4, 0.5) is 5.69 Å². The van der Waals surface area contributed by atoms with E-state index in [1.54, 1.807) is 14.2 Å². The first-order chi connectivity index (χ1) is 12.7. The van der Waals surface area contributed by atoms with E-state index in [9.17, 15) is 4.79 Å². The fourth-order valence-corrected chi connectivity index (χ4v) is 3.31. The molecule has 3 rings (SSSR count). The van der Waals surface area contributed by atoms with Gasteiger partial charge in [0.25, 0.3) is 0 Å². The number of hydrogen-bond acceptors (Lipinski definition) is 5. The van der Waals surface area contributed by atoms with E-state index in [0.29, 0.717) is 18.0 Å². The van der Waals surface area contributed by atoms with E-state index < -0.39 is 0 Å². The first-order valence-electron chi connectivity index (χ1n) is 8.73. The molecule has 1 amide bonds. The second-order valence-electron chi connectivity index (χ2n) is 6.18. The third-order valence-corrected chi connectivity index (χ3v) is 4.58. The predicted molar refractivity (Wildman–Crippen MR) is 109 cm³/mol. The molecular weight excluding hydrogens is 366 g/mol. The first kappa shape index (κ1) is 21.0. The predicted octanol–water partition coefficient (Wildman–Crippen LogP) is 2.71. The van der Waals surface area contributed by atoms with Gasteiger partial charge < -0.3 is 20.1 Å². The van der Waals surface area contributed by atoms with Crippen LogP contribution in [0.2, 0.25) is 0 Å². The zero-order chi connectivity index (χ0) is 18.4. The van der Waals surface area contributed by atoms with Crippen LogP contribution in [0.1, 0.15) is 11.6 Å². The maximum Gasteiger partial charge on any atom is 0.238 e. The number of halogens is 1. The number of nitrogens with zero attached hydrogens (tertiary/aromatic N) is 1. The number of benzene rings is 2. The van der Waals surface area contributed by atoms with Gasteiger partial charge >= 0.3 is 0 Å². The Balaban J connectivity index is 0.00000261. The SMILES string of the molecule is COc1ccccc1NC(=O)CN1CCNCC1c1ccccc1OC.Cl. The van der Waals surface area contributed by atoms with Crippen molar-refractivity contribution in [2.24, 2.45) is 0 Å². The Labute approximate surface area is 166 Å². The average Bonchev–Trinajstić information content (AvgIpc) is 2.68. The van der Waals surface area contributed by atoms with Crippen molar-refractivity contribution in [1.82, 2.24) is 10.2 Å². The van der Waals surface area contributed by atoms with Crippen LogP contribution in [0, 0.1) is 0 Å². The molecule has 1 atom stereocenters. The third kappa shape index (κ3) is 5.13. The van der Waals surface area contributed by atoms with E-state index in [4.69, 9.17) is 9.47 Å². The number of hydrogen-bond donors (Lipinski definition) is 2. The van der Waals surface area contributed by atoms with Gasteiger partial charge in [-0.05, 0) is 18.2 Å². The molecule has 0 radical (unpaired) electrons. The summed E-state index contributed by atoms with van der Waals surface area (Å²) >= 11 is 0. The number of methoxy groups -OCH3 is 2. The lowest BCUT2D eigenvalue weighted by Gasteiger charge is -2.36. The zero-order valence-corrected chi connectivity index (χ0v) is 16.4. The van der Waals surface area contributed by atoms with Crippen molar-refractivity contribution in [2.45, 2.75) is 6.04 Å². The number of piperazine rings is 1. The molecule has 1 fully saturated rings. The Morgan fingerprint density at radius 1 is 1.11 bits per heavy atom. The number of nitrogens with one attached hydrogen (secondary N) is 2. The Hall–Kier alpha value is -2.28. The van der Waals surface area contributed by atoms with Crippen molar-refractivity contribution in [3.05, 3.63) is 54.1 Å². The van der Waals surface area contributed by atoms with Gasteiger partial charge in [-0.25, -0.2) is 0 Å². The Morgan fingerprint density at radius 2 is 1.78 bits per heavy atom. The highest BCUT2D eigenvalue weighted by atomic mass is 35.5. The molecule has 146 valence electrons. The van der Waals surface area contributed by atoms with Crippen molar-refractivity contribution in [1.29, 1.82) is 0 Å². The lowest BCUT2D eigenvalue weighted by atomic mass is 10.0. The van der Waals surface area contributed by atoms with Crippen LogP contribution in [-0.4, -0.2) is 51.2 Å². The van der Waals surface area contributed by atoms with Gasteiger partial charge in [0.15, 0.2) is 0 Å². The quantitative estimate of drug-likeness (QED) is 0.792. The van der Waals surface area contributed by atoms with E-state index in [1.165, 1.54) is 0 Å². The summed E-state index contributed by atoms with van der Waals surface area (Å²) in [7, 11) is 3.27. The zero-order valence-electron chi connectivity index (χ0n) is 15.6. The molecule has 27 heavy (non-hydrogen) atoms. The molecule has 2 N–H and O–H groups in total. The molecule has 7 heteroatoms. The van der Waals surface area contributed by atoms with Gasteiger partial charge in [0.1, 0.15) is 11.5 Å². The van der Waals surface area contributed by atoms with Gasteiger partial charge in [-0.2, -0.15) is 0 Å². The number of ether oxygens (including phenoxy) is 2. The van der Waals surface area contributed by atoms with Gasteiger partial charge in [0.05, 0.1) is 32.5 Å². The number of carbonyl (C=O) groups is 1. The molecule has 0 bridgehead atoms. The standard InChI is InChI=1S/C20H25N3O3.ClH/c1-25-18-9-5-3-7-15(18)17-13-21-11-12-23(17)14-20(24)22-16-8-4-6-10-19(16)26-2;/h3-10,17,21H,11-14H2,1-2H3,(H,22,24);1H. The molecule has 1 aliphatic heterocycles. The highest BCUT2D eigenvalue weighted by Crippen LogP contribution is 2.30. The molecule has 6 nitrogen and oxygen atoms in total. The van der Waals surface area contributed by atoms with E-state index in [0.717, 1.165) is 30.9 Å². The largest absolute Gasteiger partial charge is 0.496 e. The normalized spacial score (nSPS) is 16.9. The number of rotatable bonds is 6. The van der Waals surface area contributed by atoms with Crippen LogP contribution in [0.25, 0.3) is 0 Å². The summed E-state index contributed by atoms with van der Waals surface area (Å²) < 4.78 is 10.8. The maximum atomic E-state index is 12.6. The second kappa shape index (κ2) is 10.2. The van der Waals surface area contributed by atoms with E-state index >= 15 is 0 Å². The summed E-state index contributed by atoms with van der Waals surface area (Å²) in [5.41, 5.74) is 1.77. The summed E-state index contributed by atoms with van der Waals surface area (Å²) in [5, 5.41) is 6.36. The Morgan fingerprint density at radius 3 is 2.52 bits per heavy atom. The van der Waals surface area contributed by atoms with E-state index in [-0.39, 0.29) is 24.4 Å². The summed E-state index contributed by atoms with van der Waals surface area (Å²) in [6.07, 6.45) is 0. The third-order valence-electron chi connectivity index (χ3n) is 4.58. The molecule has 2 aromatic carbocycles. The molecule has 1 saturated heterocycles. The Kier molecular flexibility index (Phi) is 7.91. The lowest BCUT2D eigenvalue weighted by molar-refractivity contribution is -0.118. The number of carbonyl (C=O) groups excluding carboxylic acids is 1. The van der Waals surface area contributed by atoms with Crippen molar-refractivity contribution in [2.75, 3.05) is 45.7 Å². The van der Waals surface area contributed by atoms with Crippen molar-refractivity contribution in [3.63, 3.8) is 0 Å². The molecule has 1 unspecified atom stereocenters. The molecular formula is C20H26ClN3O3. The summed E-state index contributed by atoms with van der Waals surface area (Å²) in [6, 6.07) is 15.5. The van der Waals surface area contributed by atoms with Crippen molar-refractivity contribution in [3.8, 4) is 11.5 Å². The topological polar surface area (TPSA) is 62.8 Å². The molecule has 2 aromatic rings. The summed E-state index contributed by atoms with van der Waals surface area (Å²) in [5.74, 6) is 1.44. The average molecular weight is 392 g/mol. The number of para-hydroxylation sites is 3. The fraction of sp³-hybridized carbons (Fsp3) is 0.350. The monoisotopic (exact) mass is 391 g/mol. The van der Waals surface area contributed by atoms with Crippen molar-refractivity contribution < 1.29 is 14.3 Å². The molecule has 0 aliphatic carbocycles. The van der Waals surface area contributed by atoms with Gasteiger partial charge in [0, 0.05) is 25.2 Å². The Bertz CT molecular complexity index is 757. The van der Waals surface area contributed by atoms with E-state index in [1.807, 2.05) is 42.5 Å². The highest BCUT2D eigenvalue weighted by molar-refractivity contribution is 5.93. The van der Waals surface area contributed by atoms with Crippen LogP contribution in [0.15, 0.2) is 48.5 Å². The van der Waals surface area contributed by atoms with Gasteiger partial charge in [-0.1, -0.05) is 30.3 Å². The fourth-order valence-electron chi connectivity index (χ4n) is 3.31. The summed E-state index contributed by atoms with van der Waals surface area (Å²) in [4.78, 5) is 14.8. The van der Waals surface area contributed by atoms with Gasteiger partial charge in [-0.15, -0.1) is 12.4 Å². The minimum atomic E-state index is -0.0590. The highest BCUT2D eigenvalue weighted by Gasteiger charge is 2.27. The van der Waals surface area contributed by atoms with Crippen molar-refractivity contribution >= 4 is 24.0 Å². The molecule has 1 heterocycles. The molecule has 0 aromatic heterocycles. The van der Waals surface area contributed by atoms with Crippen LogP contribution in [0.5, 0.6) is 11.5 Å². The lowest BCUT2D eigenvalue weighted by Crippen LogP contribution is -2.48. The first-order valence-corrected chi connectivity index (χ1v) is 8.73. The minimum Gasteiger partial charge on any atom is -0.496 e. The minimum absolute atomic E-state index is 0. The van der Waals surface area contributed by atoms with Crippen LogP contribution in [-0.2, 0) is 4.79 Å². The number of amides is 1. The van der Waals surface area contributed by atoms with Gasteiger partial charge in [0.2, 0.25) is 5.91 Å². The van der Waals surface area contributed by atoms with E-state index in [2.05, 4.69) is 21.6 Å². The second-order valence-corrected chi connectivity index (χ2v) is 6.18. The van der Waals surface area contributed by atoms with Crippen LogP contribution < -0.4 is 20.1 Å².